The predicted octanol–water partition coefficient (Wildman–Crippen LogP) is 4.99. The van der Waals surface area contributed by atoms with Gasteiger partial charge in [-0.2, -0.15) is 0 Å². The van der Waals surface area contributed by atoms with E-state index in [1.807, 2.05) is 30.6 Å². The number of rotatable bonds is 3. The molecule has 3 aromatic rings. The minimum absolute atomic E-state index is 0.0640. The van der Waals surface area contributed by atoms with Gasteiger partial charge in [-0.3, -0.25) is 9.78 Å². The average molecular weight is 342 g/mol. The van der Waals surface area contributed by atoms with Gasteiger partial charge in [0, 0.05) is 47.5 Å². The van der Waals surface area contributed by atoms with E-state index in [-0.39, 0.29) is 11.3 Å². The van der Waals surface area contributed by atoms with Crippen LogP contribution in [0.1, 0.15) is 53.4 Å². The molecule has 3 aliphatic carbocycles. The van der Waals surface area contributed by atoms with Crippen LogP contribution in [0.25, 0.3) is 11.3 Å². The van der Waals surface area contributed by atoms with E-state index in [4.69, 9.17) is 0 Å². The van der Waals surface area contributed by atoms with Crippen LogP contribution in [-0.4, -0.2) is 15.8 Å². The van der Waals surface area contributed by atoms with Crippen molar-refractivity contribution in [3.63, 3.8) is 0 Å². The van der Waals surface area contributed by atoms with E-state index < -0.39 is 0 Å². The number of ketones is 1. The van der Waals surface area contributed by atoms with E-state index in [9.17, 15) is 4.79 Å². The molecule has 0 aliphatic heterocycles. The second-order valence-electron chi connectivity index (χ2n) is 8.19. The molecule has 1 aromatic carbocycles. The molecule has 26 heavy (non-hydrogen) atoms. The number of pyridine rings is 1. The topological polar surface area (TPSA) is 45.8 Å². The van der Waals surface area contributed by atoms with E-state index in [0.717, 1.165) is 40.9 Å². The van der Waals surface area contributed by atoms with Crippen LogP contribution in [0.5, 0.6) is 0 Å². The van der Waals surface area contributed by atoms with Crippen LogP contribution >= 0.6 is 0 Å². The maximum absolute atomic E-state index is 13.3. The second-order valence-corrected chi connectivity index (χ2v) is 8.19. The van der Waals surface area contributed by atoms with Gasteiger partial charge in [0.05, 0.1) is 5.69 Å². The Kier molecular flexibility index (Phi) is 3.24. The zero-order chi connectivity index (χ0) is 17.9. The molecule has 2 heterocycles. The number of Topliss-reactive ketones (excluding diaryl/α,β-unsaturated/α-hetero) is 1. The number of aromatic amines is 1. The normalized spacial score (nSPS) is 22.6. The molecule has 3 heteroatoms. The first-order valence-corrected chi connectivity index (χ1v) is 9.30. The lowest BCUT2D eigenvalue weighted by molar-refractivity contribution is 0.0193. The molecule has 0 unspecified atom stereocenters. The number of benzene rings is 1. The van der Waals surface area contributed by atoms with Gasteiger partial charge in [0.15, 0.2) is 5.78 Å². The van der Waals surface area contributed by atoms with Crippen LogP contribution in [0.4, 0.5) is 0 Å². The summed E-state index contributed by atoms with van der Waals surface area (Å²) in [7, 11) is 0. The highest BCUT2D eigenvalue weighted by Gasteiger charge is 2.58. The van der Waals surface area contributed by atoms with E-state index in [2.05, 4.69) is 48.1 Å². The monoisotopic (exact) mass is 342 g/mol. The molecule has 0 saturated heterocycles. The molecule has 1 fully saturated rings. The Labute approximate surface area is 153 Å². The van der Waals surface area contributed by atoms with Crippen molar-refractivity contribution in [3.05, 3.63) is 77.2 Å². The van der Waals surface area contributed by atoms with Gasteiger partial charge in [-0.15, -0.1) is 0 Å². The second kappa shape index (κ2) is 5.41. The third-order valence-corrected chi connectivity index (χ3v) is 6.50. The largest absolute Gasteiger partial charge is 0.357 e. The van der Waals surface area contributed by atoms with Gasteiger partial charge >= 0.3 is 0 Å². The molecule has 3 nitrogen and oxygen atoms in total. The van der Waals surface area contributed by atoms with Crippen molar-refractivity contribution in [1.29, 1.82) is 0 Å². The maximum atomic E-state index is 13.3. The Morgan fingerprint density at radius 3 is 2.50 bits per heavy atom. The molecular formula is C23H22N2O. The van der Waals surface area contributed by atoms with E-state index >= 15 is 0 Å². The molecule has 1 N–H and O–H groups in total. The number of aromatic nitrogens is 2. The summed E-state index contributed by atoms with van der Waals surface area (Å²) in [5.41, 5.74) is 6.74. The van der Waals surface area contributed by atoms with E-state index in [1.165, 1.54) is 5.56 Å². The van der Waals surface area contributed by atoms with Crippen LogP contribution in [0.15, 0.2) is 54.9 Å². The van der Waals surface area contributed by atoms with Crippen molar-refractivity contribution in [3.8, 4) is 11.3 Å². The van der Waals surface area contributed by atoms with Gasteiger partial charge in [0.2, 0.25) is 0 Å². The lowest BCUT2D eigenvalue weighted by atomic mass is 9.48. The van der Waals surface area contributed by atoms with Gasteiger partial charge in [0.25, 0.3) is 0 Å². The summed E-state index contributed by atoms with van der Waals surface area (Å²) in [5, 5.41) is 0. The van der Waals surface area contributed by atoms with Crippen LogP contribution in [0, 0.1) is 11.3 Å². The highest BCUT2D eigenvalue weighted by Crippen LogP contribution is 2.62. The van der Waals surface area contributed by atoms with Gasteiger partial charge in [-0.25, -0.2) is 0 Å². The highest BCUT2D eigenvalue weighted by atomic mass is 16.1. The summed E-state index contributed by atoms with van der Waals surface area (Å²) in [4.78, 5) is 21.1. The molecule has 130 valence electrons. The summed E-state index contributed by atoms with van der Waals surface area (Å²) in [6.07, 6.45) is 5.39. The quantitative estimate of drug-likeness (QED) is 0.728. The summed E-state index contributed by atoms with van der Waals surface area (Å²) in [6, 6.07) is 14.5. The summed E-state index contributed by atoms with van der Waals surface area (Å²) in [6.45, 7) is 4.47. The molecule has 0 spiro atoms. The molecule has 2 aromatic heterocycles. The molecular weight excluding hydrogens is 320 g/mol. The fourth-order valence-corrected chi connectivity index (χ4v) is 4.88. The molecule has 0 radical (unpaired) electrons. The zero-order valence-corrected chi connectivity index (χ0v) is 15.1. The zero-order valence-electron chi connectivity index (χ0n) is 15.1. The molecule has 6 rings (SSSR count). The molecule has 2 bridgehead atoms. The van der Waals surface area contributed by atoms with Gasteiger partial charge < -0.3 is 4.98 Å². The summed E-state index contributed by atoms with van der Waals surface area (Å²) >= 11 is 0. The van der Waals surface area contributed by atoms with Gasteiger partial charge in [0.1, 0.15) is 0 Å². The standard InChI is InChI=1S/C23H22N2O/c1-23(2)17-13-18(23)22(26)19-16(12-14-6-4-3-5-7-14)20(25-21(17)19)15-8-10-24-11-9-15/h3-11,17-18,25H,12-13H2,1-2H3/t17-,18+/m1/s1. The Hall–Kier alpha value is -2.68. The Morgan fingerprint density at radius 1 is 1.08 bits per heavy atom. The van der Waals surface area contributed by atoms with Crippen molar-refractivity contribution in [2.75, 3.05) is 0 Å². The fraction of sp³-hybridized carbons (Fsp3) is 0.304. The SMILES string of the molecule is CC1(C)[C@@H]2C[C@H]1C(=O)c1c2[nH]c(-c2ccncc2)c1Cc1ccccc1. The number of H-pyrrole nitrogens is 1. The minimum atomic E-state index is 0.0640. The lowest BCUT2D eigenvalue weighted by Gasteiger charge is -2.54. The number of nitrogens with zero attached hydrogens (tertiary/aromatic N) is 1. The molecule has 3 aliphatic rings. The lowest BCUT2D eigenvalue weighted by Crippen LogP contribution is -2.51. The van der Waals surface area contributed by atoms with Crippen molar-refractivity contribution in [1.82, 2.24) is 9.97 Å². The minimum Gasteiger partial charge on any atom is -0.357 e. The third-order valence-electron chi connectivity index (χ3n) is 6.50. The van der Waals surface area contributed by atoms with Crippen LogP contribution in [0.3, 0.4) is 0 Å². The van der Waals surface area contributed by atoms with Crippen LogP contribution in [0.2, 0.25) is 0 Å². The Balaban J connectivity index is 1.71. The first-order valence-electron chi connectivity index (χ1n) is 9.30. The number of carbonyl (C=O) groups is 1. The van der Waals surface area contributed by atoms with Crippen molar-refractivity contribution in [2.24, 2.45) is 11.3 Å². The first-order chi connectivity index (χ1) is 12.6. The number of hydrogen-bond acceptors (Lipinski definition) is 2. The van der Waals surface area contributed by atoms with Gasteiger partial charge in [-0.05, 0) is 35.1 Å². The number of carbonyl (C=O) groups excluding carboxylic acids is 1. The molecule has 1 saturated carbocycles. The van der Waals surface area contributed by atoms with Crippen molar-refractivity contribution < 1.29 is 4.79 Å². The predicted molar refractivity (Wildman–Crippen MR) is 102 cm³/mol. The smallest absolute Gasteiger partial charge is 0.168 e. The van der Waals surface area contributed by atoms with Crippen molar-refractivity contribution >= 4 is 5.78 Å². The number of nitrogens with one attached hydrogen (secondary N) is 1. The first kappa shape index (κ1) is 15.6. The number of hydrogen-bond donors (Lipinski definition) is 1. The Bertz CT molecular complexity index is 986. The van der Waals surface area contributed by atoms with E-state index in [1.54, 1.807) is 0 Å². The molecule has 0 amide bonds. The van der Waals surface area contributed by atoms with Gasteiger partial charge in [-0.1, -0.05) is 44.2 Å². The average Bonchev–Trinajstić information content (AvgIpc) is 3.02. The van der Waals surface area contributed by atoms with Crippen molar-refractivity contribution in [2.45, 2.75) is 32.6 Å². The molecule has 2 atom stereocenters. The summed E-state index contributed by atoms with van der Waals surface area (Å²) < 4.78 is 0. The highest BCUT2D eigenvalue weighted by molar-refractivity contribution is 6.05. The fourth-order valence-electron chi connectivity index (χ4n) is 4.88. The Morgan fingerprint density at radius 2 is 1.81 bits per heavy atom. The van der Waals surface area contributed by atoms with Crippen LogP contribution < -0.4 is 0 Å². The third kappa shape index (κ3) is 2.06. The van der Waals surface area contributed by atoms with E-state index in [0.29, 0.717) is 11.7 Å². The summed E-state index contributed by atoms with van der Waals surface area (Å²) in [5.74, 6) is 0.941. The maximum Gasteiger partial charge on any atom is 0.168 e. The van der Waals surface area contributed by atoms with Crippen LogP contribution in [-0.2, 0) is 6.42 Å².